The zero-order valence-corrected chi connectivity index (χ0v) is 15.0. The molecular weight excluding hydrogens is 326 g/mol. The number of anilines is 1. The van der Waals surface area contributed by atoms with Crippen molar-refractivity contribution in [2.45, 2.75) is 38.1 Å². The van der Waals surface area contributed by atoms with Crippen molar-refractivity contribution in [3.63, 3.8) is 0 Å². The predicted octanol–water partition coefficient (Wildman–Crippen LogP) is 3.30. The van der Waals surface area contributed by atoms with E-state index in [2.05, 4.69) is 28.1 Å². The number of rotatable bonds is 4. The molecule has 6 nitrogen and oxygen atoms in total. The lowest BCUT2D eigenvalue weighted by Crippen LogP contribution is -2.34. The van der Waals surface area contributed by atoms with Crippen LogP contribution in [-0.4, -0.2) is 45.7 Å². The second-order valence-electron chi connectivity index (χ2n) is 7.51. The molecule has 0 spiro atoms. The van der Waals surface area contributed by atoms with E-state index in [-0.39, 0.29) is 0 Å². The summed E-state index contributed by atoms with van der Waals surface area (Å²) in [5.74, 6) is 2.41. The number of pyridine rings is 1. The molecule has 3 aromatic rings. The number of fused-ring (bicyclic) bond motifs is 1. The maximum absolute atomic E-state index is 5.51. The Bertz CT molecular complexity index is 866. The average Bonchev–Trinajstić information content (AvgIpc) is 3.42. The molecule has 0 radical (unpaired) electrons. The van der Waals surface area contributed by atoms with Gasteiger partial charge in [0.15, 0.2) is 11.5 Å². The van der Waals surface area contributed by atoms with Crippen molar-refractivity contribution in [3.05, 3.63) is 48.3 Å². The minimum Gasteiger partial charge on any atom is -0.468 e. The molecule has 26 heavy (non-hydrogen) atoms. The fourth-order valence-electron chi connectivity index (χ4n) is 4.26. The van der Waals surface area contributed by atoms with Gasteiger partial charge in [0.1, 0.15) is 5.76 Å². The molecule has 5 heterocycles. The van der Waals surface area contributed by atoms with Gasteiger partial charge in [-0.3, -0.25) is 4.90 Å². The van der Waals surface area contributed by atoms with Crippen molar-refractivity contribution in [1.82, 2.24) is 19.5 Å². The van der Waals surface area contributed by atoms with Crippen LogP contribution in [0.3, 0.4) is 0 Å². The minimum absolute atomic E-state index is 0.397. The van der Waals surface area contributed by atoms with Gasteiger partial charge in [-0.05, 0) is 56.5 Å². The minimum atomic E-state index is 0.397. The molecule has 2 aliphatic rings. The molecule has 2 saturated heterocycles. The zero-order valence-electron chi connectivity index (χ0n) is 15.0. The van der Waals surface area contributed by atoms with Gasteiger partial charge < -0.3 is 9.32 Å². The first-order valence-corrected chi connectivity index (χ1v) is 9.71. The van der Waals surface area contributed by atoms with E-state index in [4.69, 9.17) is 14.5 Å². The fraction of sp³-hybridized carbons (Fsp3) is 0.500. The van der Waals surface area contributed by atoms with Crippen molar-refractivity contribution in [2.24, 2.45) is 0 Å². The molecule has 5 rings (SSSR count). The number of hydrogen-bond donors (Lipinski definition) is 0. The summed E-state index contributed by atoms with van der Waals surface area (Å²) in [5, 5.41) is 4.83. The number of aromatic nitrogens is 3. The zero-order chi connectivity index (χ0) is 17.3. The Morgan fingerprint density at radius 1 is 1.08 bits per heavy atom. The Morgan fingerprint density at radius 3 is 2.85 bits per heavy atom. The molecule has 136 valence electrons. The molecule has 1 atom stereocenters. The molecule has 3 aromatic heterocycles. The van der Waals surface area contributed by atoms with Gasteiger partial charge in [0, 0.05) is 25.6 Å². The highest BCUT2D eigenvalue weighted by Crippen LogP contribution is 2.27. The molecule has 0 aromatic carbocycles. The van der Waals surface area contributed by atoms with Gasteiger partial charge in [-0.2, -0.15) is 5.10 Å². The average molecular weight is 351 g/mol. The number of hydrogen-bond acceptors (Lipinski definition) is 5. The van der Waals surface area contributed by atoms with Crippen LogP contribution >= 0.6 is 0 Å². The topological polar surface area (TPSA) is 49.8 Å². The molecule has 1 unspecified atom stereocenters. The number of piperidine rings is 1. The highest BCUT2D eigenvalue weighted by atomic mass is 16.3. The molecule has 2 aliphatic heterocycles. The summed E-state index contributed by atoms with van der Waals surface area (Å²) in [6.45, 7) is 5.28. The van der Waals surface area contributed by atoms with E-state index in [0.717, 1.165) is 56.4 Å². The maximum atomic E-state index is 5.51. The number of nitrogens with zero attached hydrogens (tertiary/aromatic N) is 5. The van der Waals surface area contributed by atoms with Crippen molar-refractivity contribution in [3.8, 4) is 0 Å². The van der Waals surface area contributed by atoms with E-state index in [0.29, 0.717) is 5.92 Å². The van der Waals surface area contributed by atoms with Gasteiger partial charge >= 0.3 is 0 Å². The first-order chi connectivity index (χ1) is 12.8. The van der Waals surface area contributed by atoms with E-state index in [9.17, 15) is 0 Å². The van der Waals surface area contributed by atoms with Crippen LogP contribution in [0.25, 0.3) is 5.65 Å². The van der Waals surface area contributed by atoms with Crippen LogP contribution in [-0.2, 0) is 6.54 Å². The molecule has 0 aliphatic carbocycles. The summed E-state index contributed by atoms with van der Waals surface area (Å²) >= 11 is 0. The fourth-order valence-corrected chi connectivity index (χ4v) is 4.26. The van der Waals surface area contributed by atoms with Gasteiger partial charge in [0.2, 0.25) is 0 Å². The summed E-state index contributed by atoms with van der Waals surface area (Å²) in [6.07, 6.45) is 8.80. The van der Waals surface area contributed by atoms with Crippen LogP contribution in [0.1, 0.15) is 43.2 Å². The van der Waals surface area contributed by atoms with Gasteiger partial charge in [-0.1, -0.05) is 0 Å². The third-order valence-electron chi connectivity index (χ3n) is 5.63. The summed E-state index contributed by atoms with van der Waals surface area (Å²) in [7, 11) is 0. The SMILES string of the molecule is c1coc(CN2CCCC(c3nc4ccc(N5CCCC5)cn4n3)C2)c1. The molecule has 0 bridgehead atoms. The Morgan fingerprint density at radius 2 is 2.00 bits per heavy atom. The van der Waals surface area contributed by atoms with Crippen molar-refractivity contribution in [1.29, 1.82) is 0 Å². The molecule has 6 heteroatoms. The lowest BCUT2D eigenvalue weighted by atomic mass is 9.97. The maximum Gasteiger partial charge on any atom is 0.156 e. The number of furan rings is 1. The van der Waals surface area contributed by atoms with Crippen molar-refractivity contribution >= 4 is 11.3 Å². The van der Waals surface area contributed by atoms with Crippen LogP contribution in [0.15, 0.2) is 41.1 Å². The molecule has 0 saturated carbocycles. The van der Waals surface area contributed by atoms with Gasteiger partial charge in [-0.25, -0.2) is 9.50 Å². The summed E-state index contributed by atoms with van der Waals surface area (Å²) in [6, 6.07) is 8.29. The third-order valence-corrected chi connectivity index (χ3v) is 5.63. The molecular formula is C20H25N5O. The van der Waals surface area contributed by atoms with Crippen LogP contribution < -0.4 is 4.90 Å². The molecule has 0 N–H and O–H groups in total. The summed E-state index contributed by atoms with van der Waals surface area (Å²) in [5.41, 5.74) is 2.21. The van der Waals surface area contributed by atoms with Gasteiger partial charge in [-0.15, -0.1) is 0 Å². The highest BCUT2D eigenvalue weighted by molar-refractivity contribution is 5.51. The Labute approximate surface area is 153 Å². The lowest BCUT2D eigenvalue weighted by molar-refractivity contribution is 0.183. The largest absolute Gasteiger partial charge is 0.468 e. The number of likely N-dealkylation sites (tertiary alicyclic amines) is 1. The standard InChI is InChI=1S/C20H25N5O/c1-2-11-24(10-1)17-7-8-19-21-20(22-25(19)14-17)16-5-3-9-23(13-16)15-18-6-4-12-26-18/h4,6-8,12,14,16H,1-3,5,9-11,13,15H2. The quantitative estimate of drug-likeness (QED) is 0.722. The van der Waals surface area contributed by atoms with Crippen LogP contribution in [0.2, 0.25) is 0 Å². The van der Waals surface area contributed by atoms with Gasteiger partial charge in [0.25, 0.3) is 0 Å². The summed E-state index contributed by atoms with van der Waals surface area (Å²) in [4.78, 5) is 9.71. The smallest absolute Gasteiger partial charge is 0.156 e. The predicted molar refractivity (Wildman–Crippen MR) is 100 cm³/mol. The van der Waals surface area contributed by atoms with E-state index < -0.39 is 0 Å². The van der Waals surface area contributed by atoms with Gasteiger partial charge in [0.05, 0.1) is 24.7 Å². The van der Waals surface area contributed by atoms with Crippen molar-refractivity contribution in [2.75, 3.05) is 31.1 Å². The van der Waals surface area contributed by atoms with Crippen LogP contribution in [0.4, 0.5) is 5.69 Å². The second-order valence-corrected chi connectivity index (χ2v) is 7.51. The van der Waals surface area contributed by atoms with Crippen molar-refractivity contribution < 1.29 is 4.42 Å². The van der Waals surface area contributed by atoms with E-state index in [1.165, 1.54) is 24.9 Å². The summed E-state index contributed by atoms with van der Waals surface area (Å²) < 4.78 is 7.47. The third kappa shape index (κ3) is 3.09. The normalized spacial score (nSPS) is 21.7. The monoisotopic (exact) mass is 351 g/mol. The van der Waals surface area contributed by atoms with E-state index >= 15 is 0 Å². The Kier molecular flexibility index (Phi) is 4.13. The van der Waals surface area contributed by atoms with Crippen LogP contribution in [0.5, 0.6) is 0 Å². The highest BCUT2D eigenvalue weighted by Gasteiger charge is 2.25. The van der Waals surface area contributed by atoms with E-state index in [1.54, 1.807) is 6.26 Å². The van der Waals surface area contributed by atoms with Crippen LogP contribution in [0, 0.1) is 0 Å². The Hall–Kier alpha value is -2.34. The Balaban J connectivity index is 1.34. The lowest BCUT2D eigenvalue weighted by Gasteiger charge is -2.30. The molecule has 2 fully saturated rings. The first kappa shape index (κ1) is 15.9. The molecule has 0 amide bonds. The second kappa shape index (κ2) is 6.76. The van der Waals surface area contributed by atoms with E-state index in [1.807, 2.05) is 16.6 Å². The first-order valence-electron chi connectivity index (χ1n) is 9.71.